The van der Waals surface area contributed by atoms with Crippen LogP contribution in [0, 0.1) is 0 Å². The highest BCUT2D eigenvalue weighted by Crippen LogP contribution is 2.02. The standard InChI is InChI=1S/C2H2N3O2P/c6-8(7)5-2-1-3-4-5/h1-2H. The van der Waals surface area contributed by atoms with E-state index in [1.54, 1.807) is 0 Å². The Morgan fingerprint density at radius 2 is 2.25 bits per heavy atom. The first-order valence-corrected chi connectivity index (χ1v) is 2.95. The van der Waals surface area contributed by atoms with Gasteiger partial charge >= 0.3 is 7.83 Å². The molecule has 1 aromatic heterocycles. The van der Waals surface area contributed by atoms with Crippen LogP contribution in [0.2, 0.25) is 0 Å². The molecule has 0 saturated heterocycles. The lowest BCUT2D eigenvalue weighted by atomic mass is 11.0. The number of hydrogen-bond donors (Lipinski definition) is 0. The maximum atomic E-state index is 9.96. The van der Waals surface area contributed by atoms with Crippen LogP contribution in [0.15, 0.2) is 12.4 Å². The lowest BCUT2D eigenvalue weighted by molar-refractivity contribution is 0.502. The second-order valence-corrected chi connectivity index (χ2v) is 1.95. The zero-order valence-corrected chi connectivity index (χ0v) is 4.65. The molecule has 42 valence electrons. The average Bonchev–Trinajstić information content (AvgIpc) is 2.12. The van der Waals surface area contributed by atoms with Gasteiger partial charge in [-0.3, -0.25) is 0 Å². The topological polar surface area (TPSA) is 64.8 Å². The van der Waals surface area contributed by atoms with Crippen molar-refractivity contribution >= 4 is 7.83 Å². The summed E-state index contributed by atoms with van der Waals surface area (Å²) in [6.07, 6.45) is 2.55. The van der Waals surface area contributed by atoms with Gasteiger partial charge in [0.2, 0.25) is 0 Å². The highest BCUT2D eigenvalue weighted by Gasteiger charge is 1.91. The first kappa shape index (κ1) is 5.18. The van der Waals surface area contributed by atoms with Crippen molar-refractivity contribution in [3.8, 4) is 0 Å². The predicted molar refractivity (Wildman–Crippen MR) is 23.7 cm³/mol. The third-order valence-electron chi connectivity index (χ3n) is 0.577. The van der Waals surface area contributed by atoms with E-state index in [2.05, 4.69) is 10.3 Å². The molecular formula is C2H2N3O2P. The summed E-state index contributed by atoms with van der Waals surface area (Å²) in [6, 6.07) is 0. The normalized spacial score (nSPS) is 9.00. The van der Waals surface area contributed by atoms with Crippen LogP contribution in [-0.2, 0) is 9.13 Å². The molecular weight excluding hydrogens is 129 g/mol. The molecule has 8 heavy (non-hydrogen) atoms. The summed E-state index contributed by atoms with van der Waals surface area (Å²) in [5.74, 6) is 0. The summed E-state index contributed by atoms with van der Waals surface area (Å²) in [7, 11) is -2.62. The van der Waals surface area contributed by atoms with Crippen molar-refractivity contribution in [1.82, 2.24) is 14.8 Å². The lowest BCUT2D eigenvalue weighted by Gasteiger charge is -1.72. The zero-order valence-electron chi connectivity index (χ0n) is 3.76. The Morgan fingerprint density at radius 3 is 2.50 bits per heavy atom. The Labute approximate surface area is 45.2 Å². The Bertz CT molecular complexity index is 217. The van der Waals surface area contributed by atoms with Gasteiger partial charge < -0.3 is 0 Å². The number of nitrogens with zero attached hydrogens (tertiary/aromatic N) is 3. The van der Waals surface area contributed by atoms with Gasteiger partial charge in [0.15, 0.2) is 0 Å². The van der Waals surface area contributed by atoms with Crippen LogP contribution in [0.3, 0.4) is 0 Å². The summed E-state index contributed by atoms with van der Waals surface area (Å²) >= 11 is 0. The van der Waals surface area contributed by atoms with Crippen LogP contribution < -0.4 is 0 Å². The van der Waals surface area contributed by atoms with Gasteiger partial charge in [0, 0.05) is 0 Å². The van der Waals surface area contributed by atoms with E-state index in [4.69, 9.17) is 0 Å². The molecule has 0 fully saturated rings. The Kier molecular flexibility index (Phi) is 1.22. The molecule has 0 radical (unpaired) electrons. The van der Waals surface area contributed by atoms with Crippen LogP contribution in [0.4, 0.5) is 0 Å². The molecule has 0 bridgehead atoms. The van der Waals surface area contributed by atoms with Crippen LogP contribution in [0.1, 0.15) is 0 Å². The molecule has 0 saturated carbocycles. The first-order valence-electron chi connectivity index (χ1n) is 1.81. The summed E-state index contributed by atoms with van der Waals surface area (Å²) in [6.45, 7) is 0. The summed E-state index contributed by atoms with van der Waals surface area (Å²) in [5.41, 5.74) is 0. The Balaban J connectivity index is 3.11. The Morgan fingerprint density at radius 1 is 1.50 bits per heavy atom. The third kappa shape index (κ3) is 0.816. The van der Waals surface area contributed by atoms with E-state index in [0.29, 0.717) is 0 Å². The van der Waals surface area contributed by atoms with Gasteiger partial charge in [0.25, 0.3) is 0 Å². The molecule has 1 heterocycles. The molecule has 0 N–H and O–H groups in total. The van der Waals surface area contributed by atoms with Crippen LogP contribution in [-0.4, -0.2) is 14.8 Å². The lowest BCUT2D eigenvalue weighted by Crippen LogP contribution is -1.80. The molecule has 0 spiro atoms. The predicted octanol–water partition coefficient (Wildman–Crippen LogP) is 0.214. The monoisotopic (exact) mass is 131 g/mol. The summed E-state index contributed by atoms with van der Waals surface area (Å²) in [5, 5.41) is 6.46. The average molecular weight is 131 g/mol. The van der Waals surface area contributed by atoms with Gasteiger partial charge in [-0.15, -0.1) is 9.55 Å². The van der Waals surface area contributed by atoms with Gasteiger partial charge in [0.05, 0.1) is 12.4 Å². The first-order chi connectivity index (χ1) is 3.80. The minimum absolute atomic E-state index is 0.759. The maximum absolute atomic E-state index is 9.96. The van der Waals surface area contributed by atoms with Crippen molar-refractivity contribution in [3.63, 3.8) is 0 Å². The van der Waals surface area contributed by atoms with E-state index in [-0.39, 0.29) is 0 Å². The molecule has 0 aromatic carbocycles. The van der Waals surface area contributed by atoms with E-state index in [1.165, 1.54) is 12.4 Å². The number of hydrogen-bond acceptors (Lipinski definition) is 4. The molecule has 1 aromatic rings. The number of rotatable bonds is 1. The van der Waals surface area contributed by atoms with Crippen LogP contribution >= 0.6 is 7.83 Å². The second-order valence-electron chi connectivity index (χ2n) is 1.06. The van der Waals surface area contributed by atoms with E-state index in [9.17, 15) is 9.13 Å². The quantitative estimate of drug-likeness (QED) is 0.511. The molecule has 0 unspecified atom stereocenters. The van der Waals surface area contributed by atoms with E-state index >= 15 is 0 Å². The van der Waals surface area contributed by atoms with E-state index in [1.807, 2.05) is 0 Å². The molecule has 0 amide bonds. The van der Waals surface area contributed by atoms with Crippen molar-refractivity contribution in [1.29, 1.82) is 0 Å². The molecule has 0 aliphatic heterocycles. The van der Waals surface area contributed by atoms with Crippen molar-refractivity contribution in [2.24, 2.45) is 0 Å². The van der Waals surface area contributed by atoms with Gasteiger partial charge in [-0.1, -0.05) is 5.21 Å². The maximum Gasteiger partial charge on any atom is 0.448 e. The van der Waals surface area contributed by atoms with Gasteiger partial charge in [-0.25, -0.2) is 9.13 Å². The molecule has 6 heteroatoms. The van der Waals surface area contributed by atoms with Crippen LogP contribution in [0.25, 0.3) is 0 Å². The van der Waals surface area contributed by atoms with Crippen molar-refractivity contribution < 1.29 is 9.13 Å². The highest BCUT2D eigenvalue weighted by atomic mass is 31.1. The summed E-state index contributed by atoms with van der Waals surface area (Å²) < 4.78 is 20.7. The minimum Gasteiger partial charge on any atom is -0.210 e. The molecule has 1 rings (SSSR count). The molecule has 0 aliphatic carbocycles. The fourth-order valence-electron chi connectivity index (χ4n) is 0.289. The smallest absolute Gasteiger partial charge is 0.210 e. The van der Waals surface area contributed by atoms with Crippen molar-refractivity contribution in [3.05, 3.63) is 12.4 Å². The van der Waals surface area contributed by atoms with Gasteiger partial charge in [-0.2, -0.15) is 0 Å². The summed E-state index contributed by atoms with van der Waals surface area (Å²) in [4.78, 5) is 0. The fourth-order valence-corrected chi connectivity index (χ4v) is 0.569. The molecule has 0 atom stereocenters. The van der Waals surface area contributed by atoms with Crippen LogP contribution in [0.5, 0.6) is 0 Å². The van der Waals surface area contributed by atoms with Gasteiger partial charge in [-0.05, 0) is 0 Å². The SMILES string of the molecule is O=P(=O)n1ccnn1. The van der Waals surface area contributed by atoms with E-state index < -0.39 is 7.83 Å². The van der Waals surface area contributed by atoms with Gasteiger partial charge in [0.1, 0.15) is 0 Å². The van der Waals surface area contributed by atoms with E-state index in [0.717, 1.165) is 4.45 Å². The van der Waals surface area contributed by atoms with Crippen molar-refractivity contribution in [2.45, 2.75) is 0 Å². The largest absolute Gasteiger partial charge is 0.448 e. The Hall–Kier alpha value is -0.960. The third-order valence-corrected chi connectivity index (χ3v) is 1.13. The molecule has 5 nitrogen and oxygen atoms in total. The fraction of sp³-hybridized carbons (Fsp3) is 0. The molecule has 0 aliphatic rings. The minimum atomic E-state index is -2.62. The van der Waals surface area contributed by atoms with Crippen molar-refractivity contribution in [2.75, 3.05) is 0 Å². The zero-order chi connectivity index (χ0) is 5.98. The number of aromatic nitrogens is 3. The second kappa shape index (κ2) is 1.88. The highest BCUT2D eigenvalue weighted by molar-refractivity contribution is 7.28.